The molecule has 19 heavy (non-hydrogen) atoms. The second-order valence-corrected chi connectivity index (χ2v) is 6.46. The van der Waals surface area contributed by atoms with Crippen LogP contribution in [0, 0.1) is 16.7 Å². The lowest BCUT2D eigenvalue weighted by atomic mass is 9.74. The summed E-state index contributed by atoms with van der Waals surface area (Å²) in [7, 11) is 0. The van der Waals surface area contributed by atoms with Crippen molar-refractivity contribution in [3.63, 3.8) is 0 Å². The highest BCUT2D eigenvalue weighted by molar-refractivity contribution is 4.96. The van der Waals surface area contributed by atoms with E-state index in [-0.39, 0.29) is 6.04 Å². The Labute approximate surface area is 118 Å². The SMILES string of the molecule is CCC1(CC)CCN(CCC(C#N)NC2CC2)CC1. The van der Waals surface area contributed by atoms with E-state index in [1.807, 2.05) is 0 Å². The smallest absolute Gasteiger partial charge is 0.0967 e. The first-order chi connectivity index (χ1) is 9.21. The molecule has 108 valence electrons. The summed E-state index contributed by atoms with van der Waals surface area (Å²) in [5.74, 6) is 0. The van der Waals surface area contributed by atoms with Crippen molar-refractivity contribution in [1.82, 2.24) is 10.2 Å². The first-order valence-corrected chi connectivity index (χ1v) is 8.09. The largest absolute Gasteiger partial charge is 0.303 e. The van der Waals surface area contributed by atoms with Gasteiger partial charge in [0.2, 0.25) is 0 Å². The first-order valence-electron chi connectivity index (χ1n) is 8.09. The third kappa shape index (κ3) is 4.19. The fourth-order valence-corrected chi connectivity index (χ4v) is 3.24. The lowest BCUT2D eigenvalue weighted by Crippen LogP contribution is -2.42. The van der Waals surface area contributed by atoms with E-state index < -0.39 is 0 Å². The molecule has 1 saturated carbocycles. The average Bonchev–Trinajstić information content (AvgIpc) is 3.28. The topological polar surface area (TPSA) is 39.1 Å². The Bertz CT molecular complexity index is 302. The van der Waals surface area contributed by atoms with Gasteiger partial charge >= 0.3 is 0 Å². The highest BCUT2D eigenvalue weighted by Gasteiger charge is 2.31. The van der Waals surface area contributed by atoms with Crippen molar-refractivity contribution in [3.05, 3.63) is 0 Å². The van der Waals surface area contributed by atoms with E-state index in [4.69, 9.17) is 5.26 Å². The fraction of sp³-hybridized carbons (Fsp3) is 0.938. The predicted octanol–water partition coefficient (Wildman–Crippen LogP) is 2.92. The van der Waals surface area contributed by atoms with Crippen molar-refractivity contribution in [1.29, 1.82) is 5.26 Å². The van der Waals surface area contributed by atoms with Crippen LogP contribution in [0.2, 0.25) is 0 Å². The molecular weight excluding hydrogens is 234 g/mol. The Hall–Kier alpha value is -0.590. The number of rotatable bonds is 7. The van der Waals surface area contributed by atoms with E-state index >= 15 is 0 Å². The Morgan fingerprint density at radius 1 is 1.26 bits per heavy atom. The summed E-state index contributed by atoms with van der Waals surface area (Å²) in [4.78, 5) is 2.56. The van der Waals surface area contributed by atoms with Crippen LogP contribution in [0.25, 0.3) is 0 Å². The molecule has 0 amide bonds. The van der Waals surface area contributed by atoms with Crippen LogP contribution in [0.1, 0.15) is 58.8 Å². The standard InChI is InChI=1S/C16H29N3/c1-3-16(4-2)8-11-19(12-9-16)10-7-15(13-17)18-14-5-6-14/h14-15,18H,3-12H2,1-2H3. The van der Waals surface area contributed by atoms with E-state index in [0.29, 0.717) is 11.5 Å². The van der Waals surface area contributed by atoms with Gasteiger partial charge in [0.25, 0.3) is 0 Å². The zero-order valence-corrected chi connectivity index (χ0v) is 12.6. The molecule has 0 aromatic carbocycles. The Morgan fingerprint density at radius 2 is 1.89 bits per heavy atom. The summed E-state index contributed by atoms with van der Waals surface area (Å²) in [6, 6.07) is 3.12. The zero-order valence-electron chi connectivity index (χ0n) is 12.6. The maximum atomic E-state index is 9.16. The molecule has 0 spiro atoms. The summed E-state index contributed by atoms with van der Waals surface area (Å²) < 4.78 is 0. The van der Waals surface area contributed by atoms with Crippen LogP contribution in [0.5, 0.6) is 0 Å². The van der Waals surface area contributed by atoms with Gasteiger partial charge in [0, 0.05) is 12.6 Å². The molecule has 2 fully saturated rings. The number of hydrogen-bond donors (Lipinski definition) is 1. The van der Waals surface area contributed by atoms with Crippen molar-refractivity contribution >= 4 is 0 Å². The van der Waals surface area contributed by atoms with Crippen LogP contribution >= 0.6 is 0 Å². The van der Waals surface area contributed by atoms with Gasteiger partial charge in [-0.25, -0.2) is 0 Å². The van der Waals surface area contributed by atoms with Crippen LogP contribution in [-0.2, 0) is 0 Å². The molecule has 1 saturated heterocycles. The normalized spacial score (nSPS) is 24.9. The minimum Gasteiger partial charge on any atom is -0.303 e. The van der Waals surface area contributed by atoms with Crippen LogP contribution in [-0.4, -0.2) is 36.6 Å². The van der Waals surface area contributed by atoms with Crippen LogP contribution < -0.4 is 5.32 Å². The molecule has 0 aromatic heterocycles. The maximum absolute atomic E-state index is 9.16. The highest BCUT2D eigenvalue weighted by Crippen LogP contribution is 2.37. The van der Waals surface area contributed by atoms with Crippen LogP contribution in [0.4, 0.5) is 0 Å². The molecule has 2 rings (SSSR count). The van der Waals surface area contributed by atoms with Gasteiger partial charge in [-0.3, -0.25) is 5.32 Å². The summed E-state index contributed by atoms with van der Waals surface area (Å²) in [5.41, 5.74) is 0.609. The quantitative estimate of drug-likeness (QED) is 0.767. The summed E-state index contributed by atoms with van der Waals surface area (Å²) >= 11 is 0. The minimum absolute atomic E-state index is 0.0662. The van der Waals surface area contributed by atoms with E-state index in [1.54, 1.807) is 0 Å². The molecule has 1 unspecified atom stereocenters. The second-order valence-electron chi connectivity index (χ2n) is 6.46. The van der Waals surface area contributed by atoms with Gasteiger partial charge in [0.1, 0.15) is 0 Å². The summed E-state index contributed by atoms with van der Waals surface area (Å²) in [6.45, 7) is 8.21. The molecule has 2 aliphatic rings. The molecule has 0 bridgehead atoms. The third-order valence-electron chi connectivity index (χ3n) is 5.32. The molecule has 0 aromatic rings. The van der Waals surface area contributed by atoms with Gasteiger partial charge in [0.05, 0.1) is 12.1 Å². The minimum atomic E-state index is 0.0662. The molecule has 1 atom stereocenters. The number of hydrogen-bond acceptors (Lipinski definition) is 3. The van der Waals surface area contributed by atoms with Crippen LogP contribution in [0.15, 0.2) is 0 Å². The number of piperidine rings is 1. The predicted molar refractivity (Wildman–Crippen MR) is 78.9 cm³/mol. The summed E-state index contributed by atoms with van der Waals surface area (Å²) in [5, 5.41) is 12.6. The highest BCUT2D eigenvalue weighted by atomic mass is 15.1. The fourth-order valence-electron chi connectivity index (χ4n) is 3.24. The molecule has 1 N–H and O–H groups in total. The maximum Gasteiger partial charge on any atom is 0.0967 e. The van der Waals surface area contributed by atoms with Crippen molar-refractivity contribution in [3.8, 4) is 6.07 Å². The van der Waals surface area contributed by atoms with Crippen LogP contribution in [0.3, 0.4) is 0 Å². The Balaban J connectivity index is 1.68. The number of likely N-dealkylation sites (tertiary alicyclic amines) is 1. The molecule has 1 aliphatic heterocycles. The number of nitrogens with one attached hydrogen (secondary N) is 1. The van der Waals surface area contributed by atoms with Crippen molar-refractivity contribution in [2.24, 2.45) is 5.41 Å². The first kappa shape index (κ1) is 14.8. The summed E-state index contributed by atoms with van der Waals surface area (Å²) in [6.07, 6.45) is 8.83. The van der Waals surface area contributed by atoms with Crippen molar-refractivity contribution in [2.75, 3.05) is 19.6 Å². The van der Waals surface area contributed by atoms with Crippen molar-refractivity contribution in [2.45, 2.75) is 70.9 Å². The Morgan fingerprint density at radius 3 is 2.37 bits per heavy atom. The molecule has 3 nitrogen and oxygen atoms in total. The molecule has 0 radical (unpaired) electrons. The molecule has 1 aliphatic carbocycles. The molecular formula is C16H29N3. The van der Waals surface area contributed by atoms with Gasteiger partial charge in [0.15, 0.2) is 0 Å². The van der Waals surface area contributed by atoms with E-state index in [2.05, 4.69) is 30.1 Å². The number of nitrogens with zero attached hydrogens (tertiary/aromatic N) is 2. The monoisotopic (exact) mass is 263 g/mol. The van der Waals surface area contributed by atoms with Gasteiger partial charge in [-0.1, -0.05) is 26.7 Å². The third-order valence-corrected chi connectivity index (χ3v) is 5.32. The van der Waals surface area contributed by atoms with Gasteiger partial charge < -0.3 is 4.90 Å². The van der Waals surface area contributed by atoms with E-state index in [0.717, 1.165) is 13.0 Å². The lowest BCUT2D eigenvalue weighted by Gasteiger charge is -2.41. The van der Waals surface area contributed by atoms with Gasteiger partial charge in [-0.05, 0) is 50.6 Å². The van der Waals surface area contributed by atoms with E-state index in [1.165, 1.54) is 51.6 Å². The van der Waals surface area contributed by atoms with E-state index in [9.17, 15) is 0 Å². The van der Waals surface area contributed by atoms with Gasteiger partial charge in [-0.2, -0.15) is 5.26 Å². The zero-order chi connectivity index (χ0) is 13.7. The van der Waals surface area contributed by atoms with Crippen molar-refractivity contribution < 1.29 is 0 Å². The molecule has 3 heteroatoms. The average molecular weight is 263 g/mol. The molecule has 1 heterocycles. The van der Waals surface area contributed by atoms with Gasteiger partial charge in [-0.15, -0.1) is 0 Å². The second kappa shape index (κ2) is 6.72. The lowest BCUT2D eigenvalue weighted by molar-refractivity contribution is 0.0936. The Kier molecular flexibility index (Phi) is 5.24. The number of nitriles is 1.